The number of benzene rings is 1. The zero-order chi connectivity index (χ0) is 14.5. The number of hydrogen-bond donors (Lipinski definition) is 1. The number of nitrogens with zero attached hydrogens (tertiary/aromatic N) is 3. The van der Waals surface area contributed by atoms with Gasteiger partial charge in [0.1, 0.15) is 17.2 Å². The van der Waals surface area contributed by atoms with Crippen LogP contribution in [0, 0.1) is 0 Å². The lowest BCUT2D eigenvalue weighted by atomic mass is 10.2. The highest BCUT2D eigenvalue weighted by Gasteiger charge is 2.10. The summed E-state index contributed by atoms with van der Waals surface area (Å²) in [6, 6.07) is 5.33. The predicted molar refractivity (Wildman–Crippen MR) is 70.4 cm³/mol. The zero-order valence-electron chi connectivity index (χ0n) is 11.2. The van der Waals surface area contributed by atoms with E-state index >= 15 is 0 Å². The highest BCUT2D eigenvalue weighted by Crippen LogP contribution is 2.26. The van der Waals surface area contributed by atoms with Crippen LogP contribution in [0.1, 0.15) is 12.1 Å². The molecule has 0 amide bonds. The highest BCUT2D eigenvalue weighted by atomic mass is 16.5. The minimum atomic E-state index is -0.862. The third-order valence-electron chi connectivity index (χ3n) is 2.77. The van der Waals surface area contributed by atoms with Crippen molar-refractivity contribution in [3.05, 3.63) is 30.1 Å². The summed E-state index contributed by atoms with van der Waals surface area (Å²) in [4.78, 5) is 10.5. The Kier molecular flexibility index (Phi) is 4.19. The van der Waals surface area contributed by atoms with Gasteiger partial charge in [-0.1, -0.05) is 5.21 Å². The van der Waals surface area contributed by atoms with Crippen LogP contribution in [-0.2, 0) is 11.2 Å². The first-order chi connectivity index (χ1) is 9.63. The van der Waals surface area contributed by atoms with Crippen molar-refractivity contribution in [1.82, 2.24) is 15.0 Å². The van der Waals surface area contributed by atoms with Gasteiger partial charge in [0.15, 0.2) is 0 Å². The van der Waals surface area contributed by atoms with Crippen molar-refractivity contribution in [2.75, 3.05) is 14.2 Å². The Morgan fingerprint density at radius 1 is 1.35 bits per heavy atom. The van der Waals surface area contributed by atoms with Crippen LogP contribution in [0.2, 0.25) is 0 Å². The molecular formula is C13H15N3O4. The molecule has 2 rings (SSSR count). The average Bonchev–Trinajstić information content (AvgIpc) is 2.93. The second-order valence-electron chi connectivity index (χ2n) is 4.09. The summed E-state index contributed by atoms with van der Waals surface area (Å²) in [5.74, 6) is 0.433. The van der Waals surface area contributed by atoms with E-state index < -0.39 is 5.97 Å². The van der Waals surface area contributed by atoms with Crippen LogP contribution in [0.5, 0.6) is 11.5 Å². The van der Waals surface area contributed by atoms with Gasteiger partial charge in [-0.05, 0) is 12.1 Å². The molecule has 2 aromatic rings. The van der Waals surface area contributed by atoms with Crippen LogP contribution in [0.3, 0.4) is 0 Å². The summed E-state index contributed by atoms with van der Waals surface area (Å²) in [6.07, 6.45) is 2.04. The van der Waals surface area contributed by atoms with Gasteiger partial charge in [0.2, 0.25) is 0 Å². The molecule has 0 unspecified atom stereocenters. The predicted octanol–water partition coefficient (Wildman–Crippen LogP) is 1.30. The first-order valence-corrected chi connectivity index (χ1v) is 5.99. The first-order valence-electron chi connectivity index (χ1n) is 5.99. The van der Waals surface area contributed by atoms with Crippen molar-refractivity contribution < 1.29 is 19.4 Å². The molecule has 1 aromatic carbocycles. The topological polar surface area (TPSA) is 86.5 Å². The van der Waals surface area contributed by atoms with Crippen molar-refractivity contribution in [3.8, 4) is 17.2 Å². The highest BCUT2D eigenvalue weighted by molar-refractivity contribution is 5.66. The van der Waals surface area contributed by atoms with Gasteiger partial charge in [-0.25, -0.2) is 4.68 Å². The molecule has 1 aromatic heterocycles. The summed E-state index contributed by atoms with van der Waals surface area (Å²) < 4.78 is 12.0. The van der Waals surface area contributed by atoms with Crippen LogP contribution < -0.4 is 9.47 Å². The molecule has 0 atom stereocenters. The number of rotatable bonds is 6. The Balaban J connectivity index is 2.28. The molecule has 7 nitrogen and oxygen atoms in total. The van der Waals surface area contributed by atoms with E-state index in [4.69, 9.17) is 14.6 Å². The quantitative estimate of drug-likeness (QED) is 0.856. The van der Waals surface area contributed by atoms with E-state index in [1.807, 2.05) is 0 Å². The Hall–Kier alpha value is -2.57. The summed E-state index contributed by atoms with van der Waals surface area (Å²) in [5.41, 5.74) is 1.29. The number of methoxy groups -OCH3 is 2. The number of carboxylic acids is 1. The van der Waals surface area contributed by atoms with Gasteiger partial charge in [0.05, 0.1) is 32.5 Å². The van der Waals surface area contributed by atoms with E-state index in [9.17, 15) is 4.79 Å². The van der Waals surface area contributed by atoms with Gasteiger partial charge < -0.3 is 14.6 Å². The molecule has 0 spiro atoms. The Morgan fingerprint density at radius 2 is 2.15 bits per heavy atom. The fourth-order valence-corrected chi connectivity index (χ4v) is 1.74. The standard InChI is InChI=1S/C13H15N3O4/c1-19-10-4-5-12(20-2)11(7-10)16-8-9(14-15-16)3-6-13(17)18/h4-5,7-8H,3,6H2,1-2H3,(H,17,18). The zero-order valence-corrected chi connectivity index (χ0v) is 11.2. The Bertz CT molecular complexity index is 609. The number of ether oxygens (including phenoxy) is 2. The normalized spacial score (nSPS) is 10.3. The van der Waals surface area contributed by atoms with Crippen LogP contribution in [0.15, 0.2) is 24.4 Å². The summed E-state index contributed by atoms with van der Waals surface area (Å²) in [7, 11) is 3.14. The second-order valence-corrected chi connectivity index (χ2v) is 4.09. The number of aliphatic carboxylic acids is 1. The molecule has 0 aliphatic carbocycles. The number of aryl methyl sites for hydroxylation is 1. The molecule has 7 heteroatoms. The molecule has 0 saturated heterocycles. The van der Waals surface area contributed by atoms with Crippen LogP contribution >= 0.6 is 0 Å². The van der Waals surface area contributed by atoms with E-state index in [-0.39, 0.29) is 6.42 Å². The lowest BCUT2D eigenvalue weighted by Crippen LogP contribution is -1.99. The van der Waals surface area contributed by atoms with Crippen LogP contribution in [0.4, 0.5) is 0 Å². The molecule has 0 saturated carbocycles. The number of hydrogen-bond acceptors (Lipinski definition) is 5. The van der Waals surface area contributed by atoms with E-state index in [1.165, 1.54) is 0 Å². The molecule has 0 bridgehead atoms. The van der Waals surface area contributed by atoms with Gasteiger partial charge in [-0.3, -0.25) is 4.79 Å². The maximum absolute atomic E-state index is 10.5. The Labute approximate surface area is 115 Å². The van der Waals surface area contributed by atoms with Crippen molar-refractivity contribution in [3.63, 3.8) is 0 Å². The second kappa shape index (κ2) is 6.05. The molecule has 0 aliphatic heterocycles. The molecular weight excluding hydrogens is 262 g/mol. The number of aromatic nitrogens is 3. The van der Waals surface area contributed by atoms with Crippen LogP contribution in [-0.4, -0.2) is 40.3 Å². The van der Waals surface area contributed by atoms with Gasteiger partial charge in [0, 0.05) is 12.5 Å². The molecule has 20 heavy (non-hydrogen) atoms. The fraction of sp³-hybridized carbons (Fsp3) is 0.308. The smallest absolute Gasteiger partial charge is 0.303 e. The van der Waals surface area contributed by atoms with Crippen molar-refractivity contribution in [1.29, 1.82) is 0 Å². The van der Waals surface area contributed by atoms with Gasteiger partial charge >= 0.3 is 5.97 Å². The lowest BCUT2D eigenvalue weighted by Gasteiger charge is -2.09. The van der Waals surface area contributed by atoms with E-state index in [1.54, 1.807) is 43.3 Å². The first kappa shape index (κ1) is 13.9. The van der Waals surface area contributed by atoms with E-state index in [2.05, 4.69) is 10.3 Å². The summed E-state index contributed by atoms with van der Waals surface area (Å²) in [6.45, 7) is 0. The largest absolute Gasteiger partial charge is 0.497 e. The van der Waals surface area contributed by atoms with Gasteiger partial charge in [-0.15, -0.1) is 5.10 Å². The average molecular weight is 277 g/mol. The number of carboxylic acid groups (broad SMARTS) is 1. The van der Waals surface area contributed by atoms with E-state index in [0.29, 0.717) is 29.3 Å². The summed E-state index contributed by atoms with van der Waals surface area (Å²) in [5, 5.41) is 16.6. The number of carbonyl (C=O) groups is 1. The van der Waals surface area contributed by atoms with Crippen molar-refractivity contribution in [2.24, 2.45) is 0 Å². The van der Waals surface area contributed by atoms with E-state index in [0.717, 1.165) is 0 Å². The molecule has 106 valence electrons. The van der Waals surface area contributed by atoms with Crippen molar-refractivity contribution in [2.45, 2.75) is 12.8 Å². The van der Waals surface area contributed by atoms with Crippen LogP contribution in [0.25, 0.3) is 5.69 Å². The molecule has 1 heterocycles. The van der Waals surface area contributed by atoms with Gasteiger partial charge in [-0.2, -0.15) is 0 Å². The maximum atomic E-state index is 10.5. The molecule has 0 fully saturated rings. The SMILES string of the molecule is COc1ccc(OC)c(-n2cc(CCC(=O)O)nn2)c1. The van der Waals surface area contributed by atoms with Gasteiger partial charge in [0.25, 0.3) is 0 Å². The third-order valence-corrected chi connectivity index (χ3v) is 2.77. The summed E-state index contributed by atoms with van der Waals surface area (Å²) >= 11 is 0. The third kappa shape index (κ3) is 3.05. The molecule has 0 aliphatic rings. The minimum Gasteiger partial charge on any atom is -0.497 e. The molecule has 0 radical (unpaired) electrons. The maximum Gasteiger partial charge on any atom is 0.303 e. The lowest BCUT2D eigenvalue weighted by molar-refractivity contribution is -0.136. The fourth-order valence-electron chi connectivity index (χ4n) is 1.74. The monoisotopic (exact) mass is 277 g/mol. The van der Waals surface area contributed by atoms with Crippen molar-refractivity contribution >= 4 is 5.97 Å². The molecule has 1 N–H and O–H groups in total. The minimum absolute atomic E-state index is 0.0218. The Morgan fingerprint density at radius 3 is 2.80 bits per heavy atom.